The molecule has 0 aromatic heterocycles. The van der Waals surface area contributed by atoms with Gasteiger partial charge in [-0.05, 0) is 37.1 Å². The van der Waals surface area contributed by atoms with Crippen molar-refractivity contribution in [1.29, 1.82) is 0 Å². The molecule has 2 unspecified atom stereocenters. The molecule has 5 heteroatoms. The van der Waals surface area contributed by atoms with E-state index in [-0.39, 0.29) is 11.2 Å². The largest absolute Gasteiger partial charge is 0.330 e. The van der Waals surface area contributed by atoms with Gasteiger partial charge in [0.05, 0.1) is 5.75 Å². The van der Waals surface area contributed by atoms with Crippen molar-refractivity contribution >= 4 is 9.84 Å². The van der Waals surface area contributed by atoms with Crippen LogP contribution < -0.4 is 5.73 Å². The van der Waals surface area contributed by atoms with E-state index in [4.69, 9.17) is 5.73 Å². The molecule has 2 atom stereocenters. The highest BCUT2D eigenvalue weighted by atomic mass is 32.2. The third-order valence-corrected chi connectivity index (χ3v) is 5.91. The van der Waals surface area contributed by atoms with Crippen LogP contribution >= 0.6 is 0 Å². The summed E-state index contributed by atoms with van der Waals surface area (Å²) in [5.41, 5.74) is 7.78. The van der Waals surface area contributed by atoms with Crippen LogP contribution in [0.1, 0.15) is 37.4 Å². The van der Waals surface area contributed by atoms with Gasteiger partial charge in [0.15, 0.2) is 0 Å². The molecule has 0 bridgehead atoms. The average molecular weight is 324 g/mol. The molecule has 1 aromatic carbocycles. The van der Waals surface area contributed by atoms with Crippen molar-refractivity contribution in [3.63, 3.8) is 0 Å². The van der Waals surface area contributed by atoms with Gasteiger partial charge < -0.3 is 5.73 Å². The second kappa shape index (κ2) is 6.30. The van der Waals surface area contributed by atoms with Crippen molar-refractivity contribution in [1.82, 2.24) is 4.90 Å². The lowest BCUT2D eigenvalue weighted by Crippen LogP contribution is -2.27. The van der Waals surface area contributed by atoms with Crippen LogP contribution in [0.25, 0.3) is 0 Å². The zero-order valence-corrected chi connectivity index (χ0v) is 14.9. The molecule has 22 heavy (non-hydrogen) atoms. The van der Waals surface area contributed by atoms with E-state index in [0.29, 0.717) is 12.0 Å². The molecule has 0 saturated carbocycles. The van der Waals surface area contributed by atoms with Gasteiger partial charge in [0.1, 0.15) is 9.84 Å². The van der Waals surface area contributed by atoms with Crippen molar-refractivity contribution in [3.05, 3.63) is 35.4 Å². The first kappa shape index (κ1) is 17.4. The van der Waals surface area contributed by atoms with Crippen LogP contribution in [0, 0.1) is 5.92 Å². The highest BCUT2D eigenvalue weighted by Crippen LogP contribution is 2.34. The summed E-state index contributed by atoms with van der Waals surface area (Å²) in [4.78, 5) is 2.36. The SMILES string of the molecule is CN1CC(CN)CC1c1ccc(C(C)(C)CS(C)(=O)=O)cc1. The summed E-state index contributed by atoms with van der Waals surface area (Å²) in [6, 6.07) is 8.84. The van der Waals surface area contributed by atoms with Crippen molar-refractivity contribution in [2.45, 2.75) is 31.7 Å². The number of rotatable bonds is 5. The van der Waals surface area contributed by atoms with Crippen molar-refractivity contribution in [2.75, 3.05) is 32.1 Å². The lowest BCUT2D eigenvalue weighted by atomic mass is 9.85. The Bertz CT molecular complexity index is 608. The monoisotopic (exact) mass is 324 g/mol. The maximum atomic E-state index is 11.6. The van der Waals surface area contributed by atoms with Crippen LogP contribution in [0.5, 0.6) is 0 Å². The molecular weight excluding hydrogens is 296 g/mol. The normalized spacial score (nSPS) is 23.9. The molecule has 2 N–H and O–H groups in total. The van der Waals surface area contributed by atoms with Gasteiger partial charge in [-0.3, -0.25) is 4.90 Å². The Morgan fingerprint density at radius 1 is 1.27 bits per heavy atom. The van der Waals surface area contributed by atoms with Crippen LogP contribution in [-0.2, 0) is 15.3 Å². The Labute approximate surface area is 134 Å². The lowest BCUT2D eigenvalue weighted by molar-refractivity contribution is 0.313. The summed E-state index contributed by atoms with van der Waals surface area (Å²) >= 11 is 0. The van der Waals surface area contributed by atoms with Gasteiger partial charge in [-0.25, -0.2) is 8.42 Å². The number of hydrogen-bond donors (Lipinski definition) is 1. The van der Waals surface area contributed by atoms with Crippen molar-refractivity contribution in [2.24, 2.45) is 11.7 Å². The molecule has 1 saturated heterocycles. The zero-order chi connectivity index (χ0) is 16.5. The molecule has 1 aliphatic rings. The quantitative estimate of drug-likeness (QED) is 0.899. The molecule has 1 fully saturated rings. The van der Waals surface area contributed by atoms with Crippen LogP contribution in [-0.4, -0.2) is 45.5 Å². The van der Waals surface area contributed by atoms with Gasteiger partial charge in [0.25, 0.3) is 0 Å². The number of benzene rings is 1. The molecule has 2 rings (SSSR count). The Morgan fingerprint density at radius 2 is 1.86 bits per heavy atom. The van der Waals surface area contributed by atoms with Gasteiger partial charge in [0, 0.05) is 24.3 Å². The summed E-state index contributed by atoms with van der Waals surface area (Å²) < 4.78 is 23.2. The fourth-order valence-electron chi connectivity index (χ4n) is 3.56. The van der Waals surface area contributed by atoms with Crippen LogP contribution in [0.4, 0.5) is 0 Å². The first-order valence-corrected chi connectivity index (χ1v) is 9.87. The summed E-state index contributed by atoms with van der Waals surface area (Å²) in [6.07, 6.45) is 2.39. The molecule has 0 aliphatic carbocycles. The third kappa shape index (κ3) is 4.09. The van der Waals surface area contributed by atoms with E-state index in [2.05, 4.69) is 36.2 Å². The number of sulfone groups is 1. The van der Waals surface area contributed by atoms with Crippen molar-refractivity contribution in [3.8, 4) is 0 Å². The lowest BCUT2D eigenvalue weighted by Gasteiger charge is -2.26. The van der Waals surface area contributed by atoms with Crippen molar-refractivity contribution < 1.29 is 8.42 Å². The highest BCUT2D eigenvalue weighted by Gasteiger charge is 2.30. The molecule has 1 aliphatic heterocycles. The average Bonchev–Trinajstić information content (AvgIpc) is 2.77. The topological polar surface area (TPSA) is 63.4 Å². The van der Waals surface area contributed by atoms with E-state index >= 15 is 0 Å². The molecule has 124 valence electrons. The zero-order valence-electron chi connectivity index (χ0n) is 14.0. The summed E-state index contributed by atoms with van der Waals surface area (Å²) in [7, 11) is -0.857. The fraction of sp³-hybridized carbons (Fsp3) is 0.647. The Kier molecular flexibility index (Phi) is 5.00. The minimum absolute atomic E-state index is 0.165. The van der Waals surface area contributed by atoms with Gasteiger partial charge >= 0.3 is 0 Å². The van der Waals surface area contributed by atoms with Crippen LogP contribution in [0.15, 0.2) is 24.3 Å². The van der Waals surface area contributed by atoms with E-state index in [1.807, 2.05) is 13.8 Å². The molecule has 0 amide bonds. The summed E-state index contributed by atoms with van der Waals surface area (Å²) in [5.74, 6) is 0.731. The maximum absolute atomic E-state index is 11.6. The van der Waals surface area contributed by atoms with E-state index in [1.54, 1.807) is 0 Å². The first-order valence-electron chi connectivity index (χ1n) is 7.81. The number of nitrogens with zero attached hydrogens (tertiary/aromatic N) is 1. The van der Waals surface area contributed by atoms with Gasteiger partial charge in [-0.15, -0.1) is 0 Å². The highest BCUT2D eigenvalue weighted by molar-refractivity contribution is 7.90. The number of likely N-dealkylation sites (tertiary alicyclic amines) is 1. The fourth-order valence-corrected chi connectivity index (χ4v) is 5.04. The smallest absolute Gasteiger partial charge is 0.148 e. The Morgan fingerprint density at radius 3 is 2.32 bits per heavy atom. The Balaban J connectivity index is 2.17. The molecule has 1 aromatic rings. The maximum Gasteiger partial charge on any atom is 0.148 e. The molecule has 0 spiro atoms. The molecule has 0 radical (unpaired) electrons. The minimum atomic E-state index is -3.00. The predicted molar refractivity (Wildman–Crippen MR) is 91.7 cm³/mol. The predicted octanol–water partition coefficient (Wildman–Crippen LogP) is 1.96. The number of nitrogens with two attached hydrogens (primary N) is 1. The second-order valence-corrected chi connectivity index (χ2v) is 9.51. The molecule has 1 heterocycles. The number of hydrogen-bond acceptors (Lipinski definition) is 4. The van der Waals surface area contributed by atoms with E-state index < -0.39 is 9.84 Å². The first-order chi connectivity index (χ1) is 10.1. The second-order valence-electron chi connectivity index (χ2n) is 7.37. The van der Waals surface area contributed by atoms with Gasteiger partial charge in [-0.1, -0.05) is 38.1 Å². The van der Waals surface area contributed by atoms with Gasteiger partial charge in [-0.2, -0.15) is 0 Å². The van der Waals surface area contributed by atoms with Crippen LogP contribution in [0.3, 0.4) is 0 Å². The summed E-state index contributed by atoms with van der Waals surface area (Å²) in [6.45, 7) is 5.74. The standard InChI is InChI=1S/C17H28N2O2S/c1-17(2,12-22(4,20)21)15-7-5-14(6-8-15)16-9-13(10-18)11-19(16)3/h5-8,13,16H,9-12,18H2,1-4H3. The summed E-state index contributed by atoms with van der Waals surface area (Å²) in [5, 5.41) is 0. The Hall–Kier alpha value is -0.910. The van der Waals surface area contributed by atoms with Crippen LogP contribution in [0.2, 0.25) is 0 Å². The van der Waals surface area contributed by atoms with E-state index in [9.17, 15) is 8.42 Å². The third-order valence-electron chi connectivity index (χ3n) is 4.67. The molecule has 4 nitrogen and oxygen atoms in total. The van der Waals surface area contributed by atoms with E-state index in [0.717, 1.165) is 25.1 Å². The van der Waals surface area contributed by atoms with E-state index in [1.165, 1.54) is 11.8 Å². The minimum Gasteiger partial charge on any atom is -0.330 e. The molecular formula is C17H28N2O2S. The van der Waals surface area contributed by atoms with Gasteiger partial charge in [0.2, 0.25) is 0 Å².